The Labute approximate surface area is 611 Å². The van der Waals surface area contributed by atoms with E-state index in [0.29, 0.717) is 44.9 Å². The largest absolute Gasteiger partial charge is 1.00 e. The second kappa shape index (κ2) is 31.1. The number of fused-ring (bicyclic) bond motifs is 4. The summed E-state index contributed by atoms with van der Waals surface area (Å²) in [6.07, 6.45) is -38.3. The third-order valence-corrected chi connectivity index (χ3v) is 23.3. The van der Waals surface area contributed by atoms with Crippen molar-refractivity contribution in [2.24, 2.45) is 39.4 Å². The average molecular weight is 1470 g/mol. The van der Waals surface area contributed by atoms with Crippen molar-refractivity contribution in [3.05, 3.63) is 23.8 Å². The molecule has 6 heterocycles. The van der Waals surface area contributed by atoms with Gasteiger partial charge in [0, 0.05) is 19.4 Å². The van der Waals surface area contributed by atoms with Crippen LogP contribution in [0.4, 0.5) is 0 Å². The van der Waals surface area contributed by atoms with Gasteiger partial charge in [0.25, 0.3) is 0 Å². The van der Waals surface area contributed by atoms with Gasteiger partial charge in [-0.1, -0.05) is 51.5 Å². The SMILES string of the molecule is CO[C@@H]1[C@@H](O)[C@H](O[C@@H]2[C@@H](O)[C@H](O[C@H]3[C@H](O)[C@@H](O)[C@H](O[C@H]4[C@H](O[C@H]5CC[C@]6(C)C7=C[C@H](O)[C@]89C(=O)O[C@@](C)(C/C=C/C(C)(C)O)[C@H]8CC[C@@]9(C)[C@@H]7CC[C@H]6C5(C)C)OC[C@@H](O[C@@H]5O[C@H](COS(=O)(=O)[O-])[C@@H](O)[C@H](O)[C@H]5O)[C@@H]4O)O[C@@H]3C)O[C@H](COS(=O)(=O)[O-])[C@H]2O)O[C@H](CO)[C@H]1O.[Na+].[Na+]. The van der Waals surface area contributed by atoms with E-state index in [9.17, 15) is 97.1 Å². The van der Waals surface area contributed by atoms with E-state index in [1.54, 1.807) is 19.9 Å². The normalized spacial score (nSPS) is 48.9. The molecule has 0 unspecified atom stereocenters. The van der Waals surface area contributed by atoms with E-state index in [0.717, 1.165) is 12.7 Å². The van der Waals surface area contributed by atoms with Crippen molar-refractivity contribution in [2.75, 3.05) is 33.5 Å². The summed E-state index contributed by atoms with van der Waals surface area (Å²) < 4.78 is 149. The monoisotopic (exact) mass is 1470 g/mol. The van der Waals surface area contributed by atoms with Crippen molar-refractivity contribution in [3.8, 4) is 0 Å². The molecule has 0 amide bonds. The van der Waals surface area contributed by atoms with Crippen LogP contribution in [0.2, 0.25) is 0 Å². The third-order valence-electron chi connectivity index (χ3n) is 22.5. The van der Waals surface area contributed by atoms with Crippen LogP contribution in [0.15, 0.2) is 23.8 Å². The molecule has 3 saturated carbocycles. The van der Waals surface area contributed by atoms with Crippen molar-refractivity contribution in [1.82, 2.24) is 0 Å². The van der Waals surface area contributed by atoms with Crippen LogP contribution >= 0.6 is 0 Å². The molecule has 0 bridgehead atoms. The van der Waals surface area contributed by atoms with E-state index < -0.39 is 246 Å². The van der Waals surface area contributed by atoms with E-state index in [1.807, 2.05) is 32.9 Å². The molecule has 0 aromatic carbocycles. The minimum Gasteiger partial charge on any atom is -0.726 e. The Morgan fingerprint density at radius 2 is 1.15 bits per heavy atom. The molecular weight excluding hydrogens is 1370 g/mol. The molecule has 10 rings (SSSR count). The Morgan fingerprint density at radius 1 is 0.612 bits per heavy atom. The van der Waals surface area contributed by atoms with Gasteiger partial charge in [0.2, 0.25) is 20.8 Å². The van der Waals surface area contributed by atoms with Gasteiger partial charge >= 0.3 is 65.1 Å². The summed E-state index contributed by atoms with van der Waals surface area (Å²) in [4.78, 5) is 14.6. The van der Waals surface area contributed by atoms with Crippen LogP contribution in [-0.2, 0) is 90.8 Å². The van der Waals surface area contributed by atoms with Crippen molar-refractivity contribution < 1.29 is 221 Å². The van der Waals surface area contributed by atoms with Crippen molar-refractivity contribution in [1.29, 1.82) is 0 Å². The minimum atomic E-state index is -5.48. The molecule has 98 heavy (non-hydrogen) atoms. The van der Waals surface area contributed by atoms with E-state index >= 15 is 0 Å². The fourth-order valence-electron chi connectivity index (χ4n) is 17.6. The molecule has 0 aromatic rings. The predicted molar refractivity (Wildman–Crippen MR) is 313 cm³/mol. The number of esters is 1. The van der Waals surface area contributed by atoms with Gasteiger partial charge in [-0.3, -0.25) is 13.2 Å². The zero-order chi connectivity index (χ0) is 70.7. The van der Waals surface area contributed by atoms with Crippen molar-refractivity contribution >= 4 is 26.8 Å². The summed E-state index contributed by atoms with van der Waals surface area (Å²) in [5.74, 6) is -1.07. The Hall–Kier alpha value is -0.270. The number of hydrogen-bond donors (Lipinski definition) is 13. The van der Waals surface area contributed by atoms with Gasteiger partial charge in [-0.2, -0.15) is 0 Å². The van der Waals surface area contributed by atoms with Crippen LogP contribution in [0.25, 0.3) is 0 Å². The second-order valence-electron chi connectivity index (χ2n) is 29.2. The molecule has 13 N–H and O–H groups in total. The summed E-state index contributed by atoms with van der Waals surface area (Å²) in [6, 6.07) is 0. The zero-order valence-corrected chi connectivity index (χ0v) is 62.1. The van der Waals surface area contributed by atoms with E-state index in [1.165, 1.54) is 6.92 Å². The molecule has 0 aromatic heterocycles. The maximum atomic E-state index is 14.6. The van der Waals surface area contributed by atoms with Gasteiger partial charge in [0.05, 0.1) is 50.3 Å². The number of carbonyl (C=O) groups is 1. The molecule has 6 aliphatic heterocycles. The molecule has 10 aliphatic rings. The maximum absolute atomic E-state index is 14.6. The standard InChI is InChI=1S/C60H96O34S2.2Na/c1-24-45(91-52-44(72)47(37(65)30(89-52)23-84-96(78,79)80)92-51-43(71)46(81-9)36(64)27(20-61)86-51)40(68)42(70)49(85-24)93-48-38(66)28(87-50-41(69)39(67)35(63)29(88-50)22-83-95(75,76)77)21-82-53(48)90-34-14-17-57(6)26-19-33(62)60-32(59(8,94-54(60)73)16-10-15-55(2,3)74)13-18-58(60,7)25(26)11-12-31(57)56(34,4)5;;/h10,15,19,24-25,27-53,61-72,74H,11-14,16-18,20-23H2,1-9H3,(H,75,76,77)(H,78,79,80);;/q;2*+1/p-2/b15-10+;;/t24-,25-,27-,28-,29-,30-,31+,32-,33+,34+,35-,36-,37-,38+,39+,40-,41-,42-,43-,44-,45-,46+,47+,48-,49+,50-,51+,52+,53+,57-,58+,59+,60+;;/m1../s1. The molecule has 0 radical (unpaired) electrons. The van der Waals surface area contributed by atoms with Gasteiger partial charge in [-0.15, -0.1) is 0 Å². The Kier molecular flexibility index (Phi) is 26.5. The third kappa shape index (κ3) is 15.7. The summed E-state index contributed by atoms with van der Waals surface area (Å²) in [7, 11) is -9.74. The summed E-state index contributed by atoms with van der Waals surface area (Å²) in [6.45, 7) is 10.9. The quantitative estimate of drug-likeness (QED) is 0.0127. The van der Waals surface area contributed by atoms with E-state index in [2.05, 4.69) is 22.2 Å². The second-order valence-corrected chi connectivity index (χ2v) is 31.3. The van der Waals surface area contributed by atoms with E-state index in [-0.39, 0.29) is 76.9 Å². The van der Waals surface area contributed by atoms with Gasteiger partial charge < -0.3 is 132 Å². The summed E-state index contributed by atoms with van der Waals surface area (Å²) in [5.41, 5.74) is -4.31. The molecular formula is C60H94Na2O34S2. The number of carbonyl (C=O) groups excluding carboxylic acids is 1. The Balaban J connectivity index is 0.00000612. The number of hydrogen-bond acceptors (Lipinski definition) is 34. The van der Waals surface area contributed by atoms with Crippen LogP contribution in [0.3, 0.4) is 0 Å². The first-order valence-corrected chi connectivity index (χ1v) is 34.9. The maximum Gasteiger partial charge on any atom is 1.00 e. The summed E-state index contributed by atoms with van der Waals surface area (Å²) >= 11 is 0. The smallest absolute Gasteiger partial charge is 0.726 e. The summed E-state index contributed by atoms with van der Waals surface area (Å²) in [5, 5.41) is 147. The average Bonchev–Trinajstić information content (AvgIpc) is 1.46. The molecule has 552 valence electrons. The molecule has 6 saturated heterocycles. The number of methoxy groups -OCH3 is 1. The number of aliphatic hydroxyl groups excluding tert-OH is 12. The van der Waals surface area contributed by atoms with Gasteiger partial charge in [-0.05, 0) is 94.3 Å². The fourth-order valence-corrected chi connectivity index (χ4v) is 18.2. The predicted octanol–water partition coefficient (Wildman–Crippen LogP) is -10.6. The Morgan fingerprint density at radius 3 is 1.74 bits per heavy atom. The number of rotatable bonds is 21. The van der Waals surface area contributed by atoms with Crippen LogP contribution in [0.5, 0.6) is 0 Å². The number of aliphatic hydroxyl groups is 13. The van der Waals surface area contributed by atoms with Crippen LogP contribution in [0, 0.1) is 39.4 Å². The van der Waals surface area contributed by atoms with Crippen LogP contribution in [-0.4, -0.2) is 303 Å². The number of allylic oxidation sites excluding steroid dienone is 1. The fraction of sp³-hybridized carbons (Fsp3) is 0.917. The molecule has 38 heteroatoms. The Bertz CT molecular complexity index is 3040. The molecule has 33 atom stereocenters. The molecule has 4 aliphatic carbocycles. The number of ether oxygens (including phenoxy) is 12. The van der Waals surface area contributed by atoms with Gasteiger partial charge in [0.15, 0.2) is 31.5 Å². The van der Waals surface area contributed by atoms with Crippen molar-refractivity contribution in [2.45, 2.75) is 271 Å². The first kappa shape index (κ1) is 83.4. The first-order chi connectivity index (χ1) is 44.6. The topological polar surface area (TPSA) is 524 Å². The van der Waals surface area contributed by atoms with Gasteiger partial charge in [0.1, 0.15) is 121 Å². The molecule has 9 fully saturated rings. The van der Waals surface area contributed by atoms with Crippen LogP contribution in [0.1, 0.15) is 100 Å². The minimum absolute atomic E-state index is 0. The molecule has 34 nitrogen and oxygen atoms in total. The molecule has 1 spiro atoms. The van der Waals surface area contributed by atoms with Crippen LogP contribution < -0.4 is 59.1 Å². The van der Waals surface area contributed by atoms with Gasteiger partial charge in [-0.25, -0.2) is 16.8 Å². The number of cyclic esters (lactones) is 1. The zero-order valence-electron chi connectivity index (χ0n) is 56.5. The van der Waals surface area contributed by atoms with Crippen molar-refractivity contribution in [3.63, 3.8) is 0 Å². The van der Waals surface area contributed by atoms with E-state index in [4.69, 9.17) is 56.8 Å². The first-order valence-electron chi connectivity index (χ1n) is 32.3.